The lowest BCUT2D eigenvalue weighted by Crippen LogP contribution is -2.44. The van der Waals surface area contributed by atoms with E-state index in [1.54, 1.807) is 12.3 Å². The molecule has 1 saturated carbocycles. The molecule has 0 saturated heterocycles. The standard InChI is InChI=1S/C22H24FN7O2S/c1-32-19-10-26-17-3-2-16(23)15(20(17)30-19)9-25-13-4-12(5-13)6-24-7-14-8-27-22-21(28-14)29-18(31)11-33-22/h2-3,8,10,12-13,24-25H,4-7,9,11H2,1H3,(H,28,29,31). The molecule has 0 unspecified atom stereocenters. The molecule has 0 spiro atoms. The summed E-state index contributed by atoms with van der Waals surface area (Å²) in [6.45, 7) is 1.85. The van der Waals surface area contributed by atoms with Crippen molar-refractivity contribution in [2.24, 2.45) is 5.92 Å². The number of nitrogens with zero attached hydrogens (tertiary/aromatic N) is 4. The predicted octanol–water partition coefficient (Wildman–Crippen LogP) is 2.27. The summed E-state index contributed by atoms with van der Waals surface area (Å²) in [5, 5.41) is 10.4. The van der Waals surface area contributed by atoms with Gasteiger partial charge in [-0.2, -0.15) is 0 Å². The topological polar surface area (TPSA) is 114 Å². The Labute approximate surface area is 194 Å². The van der Waals surface area contributed by atoms with E-state index in [0.29, 0.717) is 59.1 Å². The highest BCUT2D eigenvalue weighted by atomic mass is 32.2. The maximum Gasteiger partial charge on any atom is 0.236 e. The smallest absolute Gasteiger partial charge is 0.236 e. The molecule has 1 aromatic carbocycles. The molecule has 9 nitrogen and oxygen atoms in total. The number of hydrogen-bond donors (Lipinski definition) is 3. The molecule has 2 aromatic heterocycles. The van der Waals surface area contributed by atoms with E-state index in [1.807, 2.05) is 0 Å². The molecule has 2 aliphatic rings. The number of aromatic nitrogens is 4. The van der Waals surface area contributed by atoms with Crippen LogP contribution in [0.2, 0.25) is 0 Å². The van der Waals surface area contributed by atoms with Crippen LogP contribution in [0.5, 0.6) is 5.88 Å². The lowest BCUT2D eigenvalue weighted by molar-refractivity contribution is -0.113. The fourth-order valence-corrected chi connectivity index (χ4v) is 4.77. The molecule has 1 aliphatic carbocycles. The van der Waals surface area contributed by atoms with Crippen LogP contribution in [-0.2, 0) is 17.9 Å². The molecule has 11 heteroatoms. The molecular weight excluding hydrogens is 445 g/mol. The number of carbonyl (C=O) groups excluding carboxylic acids is 1. The molecule has 172 valence electrons. The predicted molar refractivity (Wildman–Crippen MR) is 122 cm³/mol. The Morgan fingerprint density at radius 2 is 2.09 bits per heavy atom. The van der Waals surface area contributed by atoms with Crippen LogP contribution in [0.1, 0.15) is 24.1 Å². The molecule has 1 aliphatic heterocycles. The quantitative estimate of drug-likeness (QED) is 0.457. The summed E-state index contributed by atoms with van der Waals surface area (Å²) in [6, 6.07) is 3.40. The van der Waals surface area contributed by atoms with Crippen molar-refractivity contribution in [2.75, 3.05) is 24.7 Å². The first-order valence-corrected chi connectivity index (χ1v) is 11.8. The minimum Gasteiger partial charge on any atom is -0.480 e. The lowest BCUT2D eigenvalue weighted by Gasteiger charge is -2.36. The first-order chi connectivity index (χ1) is 16.1. The van der Waals surface area contributed by atoms with Gasteiger partial charge in [0.2, 0.25) is 11.8 Å². The van der Waals surface area contributed by atoms with Crippen molar-refractivity contribution in [3.8, 4) is 5.88 Å². The highest BCUT2D eigenvalue weighted by molar-refractivity contribution is 8.00. The Morgan fingerprint density at radius 3 is 2.94 bits per heavy atom. The molecule has 3 N–H and O–H groups in total. The van der Waals surface area contributed by atoms with E-state index in [2.05, 4.69) is 35.9 Å². The SMILES string of the molecule is COc1cnc2ccc(F)c(CNC3CC(CNCc4cnc5c(n4)NC(=O)CS5)C3)c2n1. The maximum atomic E-state index is 14.5. The van der Waals surface area contributed by atoms with Gasteiger partial charge >= 0.3 is 0 Å². The van der Waals surface area contributed by atoms with Crippen molar-refractivity contribution in [1.82, 2.24) is 30.6 Å². The Hall–Kier alpha value is -2.89. The Kier molecular flexibility index (Phi) is 6.34. The largest absolute Gasteiger partial charge is 0.480 e. The zero-order valence-electron chi connectivity index (χ0n) is 18.1. The fraction of sp³-hybridized carbons (Fsp3) is 0.409. The van der Waals surface area contributed by atoms with Gasteiger partial charge in [-0.25, -0.2) is 24.3 Å². The number of amides is 1. The fourth-order valence-electron chi connectivity index (χ4n) is 4.07. The van der Waals surface area contributed by atoms with Crippen LogP contribution >= 0.6 is 11.8 Å². The average Bonchev–Trinajstić information content (AvgIpc) is 2.80. The normalized spacial score (nSPS) is 19.6. The van der Waals surface area contributed by atoms with Crippen molar-refractivity contribution >= 4 is 34.5 Å². The monoisotopic (exact) mass is 469 g/mol. The van der Waals surface area contributed by atoms with Gasteiger partial charge in [0, 0.05) is 24.7 Å². The van der Waals surface area contributed by atoms with Crippen molar-refractivity contribution in [1.29, 1.82) is 0 Å². The Balaban J connectivity index is 1.09. The van der Waals surface area contributed by atoms with Crippen LogP contribution in [0, 0.1) is 11.7 Å². The van der Waals surface area contributed by atoms with Gasteiger partial charge in [-0.05, 0) is 37.4 Å². The molecular formula is C22H24FN7O2S. The Morgan fingerprint density at radius 1 is 1.21 bits per heavy atom. The maximum absolute atomic E-state index is 14.5. The first kappa shape index (κ1) is 21.9. The zero-order valence-corrected chi connectivity index (χ0v) is 18.9. The average molecular weight is 470 g/mol. The third-order valence-electron chi connectivity index (χ3n) is 5.88. The van der Waals surface area contributed by atoms with Gasteiger partial charge in [-0.15, -0.1) is 0 Å². The number of ether oxygens (including phenoxy) is 1. The van der Waals surface area contributed by atoms with E-state index in [0.717, 1.165) is 30.1 Å². The lowest BCUT2D eigenvalue weighted by atomic mass is 9.80. The summed E-state index contributed by atoms with van der Waals surface area (Å²) in [4.78, 5) is 29.1. The second-order valence-electron chi connectivity index (χ2n) is 8.20. The molecule has 0 bridgehead atoms. The summed E-state index contributed by atoms with van der Waals surface area (Å²) in [5.41, 5.74) is 2.48. The van der Waals surface area contributed by atoms with Crippen LogP contribution in [0.4, 0.5) is 10.2 Å². The third kappa shape index (κ3) is 4.90. The van der Waals surface area contributed by atoms with Crippen molar-refractivity contribution in [3.05, 3.63) is 41.6 Å². The summed E-state index contributed by atoms with van der Waals surface area (Å²) in [7, 11) is 1.52. The number of fused-ring (bicyclic) bond motifs is 2. The van der Waals surface area contributed by atoms with E-state index < -0.39 is 0 Å². The number of carbonyl (C=O) groups is 1. The van der Waals surface area contributed by atoms with Gasteiger partial charge in [-0.3, -0.25) is 4.79 Å². The number of nitrogens with one attached hydrogen (secondary N) is 3. The number of benzene rings is 1. The minimum atomic E-state index is -0.296. The zero-order chi connectivity index (χ0) is 22.8. The highest BCUT2D eigenvalue weighted by Crippen LogP contribution is 2.29. The number of rotatable bonds is 8. The number of thioether (sulfide) groups is 1. The molecule has 33 heavy (non-hydrogen) atoms. The molecule has 1 fully saturated rings. The van der Waals surface area contributed by atoms with Crippen LogP contribution in [0.3, 0.4) is 0 Å². The second kappa shape index (κ2) is 9.54. The summed E-state index contributed by atoms with van der Waals surface area (Å²) in [5.74, 6) is 1.50. The van der Waals surface area contributed by atoms with Gasteiger partial charge in [0.15, 0.2) is 5.82 Å². The van der Waals surface area contributed by atoms with E-state index in [-0.39, 0.29) is 11.7 Å². The molecule has 1 amide bonds. The summed E-state index contributed by atoms with van der Waals surface area (Å²) in [6.07, 6.45) is 5.30. The van der Waals surface area contributed by atoms with Crippen LogP contribution < -0.4 is 20.7 Å². The summed E-state index contributed by atoms with van der Waals surface area (Å²) >= 11 is 1.40. The molecule has 0 atom stereocenters. The second-order valence-corrected chi connectivity index (χ2v) is 9.17. The first-order valence-electron chi connectivity index (χ1n) is 10.8. The van der Waals surface area contributed by atoms with E-state index in [9.17, 15) is 9.18 Å². The van der Waals surface area contributed by atoms with E-state index in [4.69, 9.17) is 4.74 Å². The minimum absolute atomic E-state index is 0.0468. The number of anilines is 1. The van der Waals surface area contributed by atoms with Gasteiger partial charge < -0.3 is 20.7 Å². The van der Waals surface area contributed by atoms with Crippen LogP contribution in [0.25, 0.3) is 11.0 Å². The van der Waals surface area contributed by atoms with E-state index in [1.165, 1.54) is 31.1 Å². The van der Waals surface area contributed by atoms with Gasteiger partial charge in [-0.1, -0.05) is 11.8 Å². The molecule has 5 rings (SSSR count). The van der Waals surface area contributed by atoms with Crippen molar-refractivity contribution in [2.45, 2.75) is 37.0 Å². The number of halogens is 1. The number of hydrogen-bond acceptors (Lipinski definition) is 9. The number of methoxy groups -OCH3 is 1. The van der Waals surface area contributed by atoms with Crippen molar-refractivity contribution < 1.29 is 13.9 Å². The van der Waals surface area contributed by atoms with E-state index >= 15 is 0 Å². The summed E-state index contributed by atoms with van der Waals surface area (Å²) < 4.78 is 19.6. The molecule has 3 aromatic rings. The third-order valence-corrected chi connectivity index (χ3v) is 6.86. The van der Waals surface area contributed by atoms with Crippen molar-refractivity contribution in [3.63, 3.8) is 0 Å². The van der Waals surface area contributed by atoms with Crippen LogP contribution in [0.15, 0.2) is 29.6 Å². The van der Waals surface area contributed by atoms with Crippen LogP contribution in [-0.4, -0.2) is 51.3 Å². The van der Waals surface area contributed by atoms with Gasteiger partial charge in [0.1, 0.15) is 16.4 Å². The molecule has 0 radical (unpaired) electrons. The van der Waals surface area contributed by atoms with Gasteiger partial charge in [0.25, 0.3) is 0 Å². The Bertz CT molecular complexity index is 1190. The van der Waals surface area contributed by atoms with Gasteiger partial charge in [0.05, 0.1) is 36.5 Å². The highest BCUT2D eigenvalue weighted by Gasteiger charge is 2.28. The molecule has 3 heterocycles.